The fourth-order valence-corrected chi connectivity index (χ4v) is 3.06. The monoisotopic (exact) mass is 386 g/mol. The Hall–Kier alpha value is -1.60. The number of nitrogens with one attached hydrogen (secondary N) is 1. The summed E-state index contributed by atoms with van der Waals surface area (Å²) in [5.74, 6) is -0.220. The van der Waals surface area contributed by atoms with Gasteiger partial charge < -0.3 is 5.32 Å². The number of carbonyl (C=O) groups is 1. The number of carbonyl (C=O) groups excluding carboxylic acids is 1. The molecule has 0 radical (unpaired) electrons. The third-order valence-corrected chi connectivity index (χ3v) is 5.06. The van der Waals surface area contributed by atoms with Gasteiger partial charge in [0, 0.05) is 0 Å². The van der Waals surface area contributed by atoms with E-state index in [1.807, 2.05) is 0 Å². The van der Waals surface area contributed by atoms with Crippen LogP contribution in [0.5, 0.6) is 0 Å². The molecule has 0 aromatic heterocycles. The molecule has 0 bridgehead atoms. The molecule has 0 aliphatic rings. The lowest BCUT2D eigenvalue weighted by Gasteiger charge is -2.15. The van der Waals surface area contributed by atoms with E-state index in [9.17, 15) is 13.2 Å². The van der Waals surface area contributed by atoms with E-state index >= 15 is 0 Å². The van der Waals surface area contributed by atoms with Crippen LogP contribution in [0.4, 0.5) is 0 Å². The highest BCUT2D eigenvalue weighted by Gasteiger charge is 2.14. The van der Waals surface area contributed by atoms with Crippen LogP contribution in [0.1, 0.15) is 24.1 Å². The zero-order valence-corrected chi connectivity index (χ0v) is 15.1. The minimum absolute atomic E-state index is 0.00517. The Morgan fingerprint density at radius 3 is 2.50 bits per heavy atom. The van der Waals surface area contributed by atoms with Crippen molar-refractivity contribution in [1.82, 2.24) is 5.32 Å². The van der Waals surface area contributed by atoms with Crippen LogP contribution in [-0.2, 0) is 21.2 Å². The fourth-order valence-electron chi connectivity index (χ4n) is 2.17. The molecule has 1 atom stereocenters. The molecule has 5 nitrogen and oxygen atoms in total. The van der Waals surface area contributed by atoms with Gasteiger partial charge in [0.05, 0.1) is 27.4 Å². The molecule has 0 heterocycles. The second-order valence-electron chi connectivity index (χ2n) is 5.33. The van der Waals surface area contributed by atoms with Crippen molar-refractivity contribution < 1.29 is 13.2 Å². The molecule has 2 aromatic carbocycles. The summed E-state index contributed by atoms with van der Waals surface area (Å²) < 4.78 is 22.8. The summed E-state index contributed by atoms with van der Waals surface area (Å²) in [6, 6.07) is 10.8. The topological polar surface area (TPSA) is 89.3 Å². The maximum Gasteiger partial charge on any atom is 0.238 e. The molecule has 128 valence electrons. The average molecular weight is 387 g/mol. The third kappa shape index (κ3) is 4.95. The predicted molar refractivity (Wildman–Crippen MR) is 94.5 cm³/mol. The van der Waals surface area contributed by atoms with Crippen LogP contribution in [0.15, 0.2) is 47.4 Å². The lowest BCUT2D eigenvalue weighted by molar-refractivity contribution is -0.121. The maximum absolute atomic E-state index is 12.1. The Labute approximate surface area is 150 Å². The second kappa shape index (κ2) is 7.53. The van der Waals surface area contributed by atoms with Gasteiger partial charge in [-0.05, 0) is 42.3 Å². The highest BCUT2D eigenvalue weighted by molar-refractivity contribution is 7.89. The molecule has 1 unspecified atom stereocenters. The summed E-state index contributed by atoms with van der Waals surface area (Å²) in [5.41, 5.74) is 1.37. The van der Waals surface area contributed by atoms with Gasteiger partial charge in [0.1, 0.15) is 0 Å². The third-order valence-electron chi connectivity index (χ3n) is 3.41. The highest BCUT2D eigenvalue weighted by atomic mass is 35.5. The molecule has 2 aromatic rings. The normalized spacial score (nSPS) is 12.7. The van der Waals surface area contributed by atoms with Crippen molar-refractivity contribution in [3.8, 4) is 0 Å². The SMILES string of the molecule is CC(NC(=O)Cc1ccc(Cl)c(Cl)c1)c1cccc(S(N)(=O)=O)c1. The van der Waals surface area contributed by atoms with Crippen LogP contribution in [0.2, 0.25) is 10.0 Å². The van der Waals surface area contributed by atoms with E-state index in [0.29, 0.717) is 15.6 Å². The van der Waals surface area contributed by atoms with Gasteiger partial charge in [0.25, 0.3) is 0 Å². The fraction of sp³-hybridized carbons (Fsp3) is 0.188. The van der Waals surface area contributed by atoms with Crippen LogP contribution >= 0.6 is 23.2 Å². The average Bonchev–Trinajstić information content (AvgIpc) is 2.50. The Morgan fingerprint density at radius 1 is 1.17 bits per heavy atom. The molecular formula is C16H16Cl2N2O3S. The molecule has 3 N–H and O–H groups in total. The van der Waals surface area contributed by atoms with Gasteiger partial charge in [0.2, 0.25) is 15.9 Å². The lowest BCUT2D eigenvalue weighted by atomic mass is 10.1. The molecule has 0 saturated heterocycles. The zero-order chi connectivity index (χ0) is 17.9. The van der Waals surface area contributed by atoms with Crippen LogP contribution < -0.4 is 10.5 Å². The Bertz CT molecular complexity index is 869. The van der Waals surface area contributed by atoms with Crippen molar-refractivity contribution in [2.75, 3.05) is 0 Å². The van der Waals surface area contributed by atoms with Crippen LogP contribution in [0.25, 0.3) is 0 Å². The van der Waals surface area contributed by atoms with Crippen LogP contribution in [0, 0.1) is 0 Å². The van der Waals surface area contributed by atoms with E-state index in [4.69, 9.17) is 28.3 Å². The van der Waals surface area contributed by atoms with Gasteiger partial charge in [-0.2, -0.15) is 0 Å². The first-order valence-corrected chi connectivity index (χ1v) is 9.33. The molecule has 24 heavy (non-hydrogen) atoms. The maximum atomic E-state index is 12.1. The van der Waals surface area contributed by atoms with Gasteiger partial charge in [-0.1, -0.05) is 41.4 Å². The number of amides is 1. The number of nitrogens with two attached hydrogens (primary N) is 1. The number of hydrogen-bond acceptors (Lipinski definition) is 3. The predicted octanol–water partition coefficient (Wildman–Crippen LogP) is 3.06. The van der Waals surface area contributed by atoms with Gasteiger partial charge in [-0.3, -0.25) is 4.79 Å². The first-order chi connectivity index (χ1) is 11.2. The van der Waals surface area contributed by atoms with Gasteiger partial charge >= 0.3 is 0 Å². The van der Waals surface area contributed by atoms with Crippen molar-refractivity contribution in [2.24, 2.45) is 5.14 Å². The molecule has 0 fully saturated rings. The number of sulfonamides is 1. The Morgan fingerprint density at radius 2 is 1.88 bits per heavy atom. The molecule has 0 saturated carbocycles. The number of hydrogen-bond donors (Lipinski definition) is 2. The summed E-state index contributed by atoms with van der Waals surface area (Å²) in [6.07, 6.45) is 0.135. The summed E-state index contributed by atoms with van der Waals surface area (Å²) in [4.78, 5) is 12.1. The number of primary sulfonamides is 1. The second-order valence-corrected chi connectivity index (χ2v) is 7.71. The number of benzene rings is 2. The first-order valence-electron chi connectivity index (χ1n) is 7.03. The Balaban J connectivity index is 2.07. The van der Waals surface area contributed by atoms with Gasteiger partial charge in [-0.25, -0.2) is 13.6 Å². The standard InChI is InChI=1S/C16H16Cl2N2O3S/c1-10(12-3-2-4-13(9-12)24(19,22)23)20-16(21)8-11-5-6-14(17)15(18)7-11/h2-7,9-10H,8H2,1H3,(H,20,21)(H2,19,22,23). The van der Waals surface area contributed by atoms with Crippen molar-refractivity contribution in [3.63, 3.8) is 0 Å². The lowest BCUT2D eigenvalue weighted by Crippen LogP contribution is -2.28. The van der Waals surface area contributed by atoms with Crippen molar-refractivity contribution in [1.29, 1.82) is 0 Å². The molecule has 2 rings (SSSR count). The molecule has 0 aliphatic heterocycles. The summed E-state index contributed by atoms with van der Waals surface area (Å²) in [6.45, 7) is 1.76. The van der Waals surface area contributed by atoms with E-state index in [0.717, 1.165) is 5.56 Å². The van der Waals surface area contributed by atoms with E-state index < -0.39 is 10.0 Å². The van der Waals surface area contributed by atoms with E-state index in [2.05, 4.69) is 5.32 Å². The number of halogens is 2. The molecular weight excluding hydrogens is 371 g/mol. The van der Waals surface area contributed by atoms with E-state index in [1.165, 1.54) is 12.1 Å². The van der Waals surface area contributed by atoms with E-state index in [-0.39, 0.29) is 23.3 Å². The highest BCUT2D eigenvalue weighted by Crippen LogP contribution is 2.23. The molecule has 1 amide bonds. The van der Waals surface area contributed by atoms with Crippen molar-refractivity contribution in [3.05, 3.63) is 63.6 Å². The van der Waals surface area contributed by atoms with Gasteiger partial charge in [-0.15, -0.1) is 0 Å². The summed E-state index contributed by atoms with van der Waals surface area (Å²) in [5, 5.41) is 8.73. The summed E-state index contributed by atoms with van der Waals surface area (Å²) >= 11 is 11.8. The molecule has 8 heteroatoms. The van der Waals surface area contributed by atoms with Crippen molar-refractivity contribution >= 4 is 39.1 Å². The Kier molecular flexibility index (Phi) is 5.87. The quantitative estimate of drug-likeness (QED) is 0.826. The zero-order valence-electron chi connectivity index (χ0n) is 12.8. The minimum atomic E-state index is -3.78. The van der Waals surface area contributed by atoms with E-state index in [1.54, 1.807) is 37.3 Å². The van der Waals surface area contributed by atoms with Crippen LogP contribution in [0.3, 0.4) is 0 Å². The smallest absolute Gasteiger partial charge is 0.238 e. The minimum Gasteiger partial charge on any atom is -0.349 e. The molecule has 0 aliphatic carbocycles. The molecule has 0 spiro atoms. The number of rotatable bonds is 5. The van der Waals surface area contributed by atoms with Crippen molar-refractivity contribution in [2.45, 2.75) is 24.3 Å². The van der Waals surface area contributed by atoms with Crippen LogP contribution in [-0.4, -0.2) is 14.3 Å². The largest absolute Gasteiger partial charge is 0.349 e. The summed E-state index contributed by atoms with van der Waals surface area (Å²) in [7, 11) is -3.78. The first kappa shape index (κ1) is 18.7. The van der Waals surface area contributed by atoms with Gasteiger partial charge in [0.15, 0.2) is 0 Å².